The maximum absolute atomic E-state index is 11.4. The Morgan fingerprint density at radius 2 is 2.00 bits per heavy atom. The first-order chi connectivity index (χ1) is 7.69. The summed E-state index contributed by atoms with van der Waals surface area (Å²) in [6.07, 6.45) is 5.50. The molecule has 4 heteroatoms. The lowest BCUT2D eigenvalue weighted by Crippen LogP contribution is -2.18. The lowest BCUT2D eigenvalue weighted by atomic mass is 9.97. The Morgan fingerprint density at radius 3 is 2.50 bits per heavy atom. The molecule has 0 N–H and O–H groups in total. The Hall–Kier alpha value is -1.58. The molecule has 88 valence electrons. The van der Waals surface area contributed by atoms with Gasteiger partial charge >= 0.3 is 11.9 Å². The van der Waals surface area contributed by atoms with Crippen LogP contribution in [0.4, 0.5) is 0 Å². The van der Waals surface area contributed by atoms with E-state index in [1.165, 1.54) is 0 Å². The minimum atomic E-state index is -0.346. The molecule has 0 aromatic carbocycles. The van der Waals surface area contributed by atoms with Gasteiger partial charge in [-0.1, -0.05) is 18.2 Å². The molecule has 4 nitrogen and oxygen atoms in total. The number of carbonyl (C=O) groups excluding carboxylic acids is 2. The van der Waals surface area contributed by atoms with Crippen LogP contribution >= 0.6 is 0 Å². The summed E-state index contributed by atoms with van der Waals surface area (Å²) in [6.45, 7) is 4.25. The number of ether oxygens (including phenoxy) is 2. The van der Waals surface area contributed by atoms with Crippen molar-refractivity contribution in [1.29, 1.82) is 0 Å². The molecule has 0 aliphatic heterocycles. The molecule has 1 rings (SSSR count). The van der Waals surface area contributed by atoms with Gasteiger partial charge in [-0.05, 0) is 20.3 Å². The van der Waals surface area contributed by atoms with Gasteiger partial charge in [0.2, 0.25) is 0 Å². The summed E-state index contributed by atoms with van der Waals surface area (Å²) in [4.78, 5) is 22.7. The second kappa shape index (κ2) is 6.10. The molecule has 0 bridgehead atoms. The zero-order valence-electron chi connectivity index (χ0n) is 9.56. The highest BCUT2D eigenvalue weighted by molar-refractivity contribution is 5.92. The minimum absolute atomic E-state index is 0.252. The molecule has 0 heterocycles. The highest BCUT2D eigenvalue weighted by atomic mass is 16.5. The van der Waals surface area contributed by atoms with E-state index in [9.17, 15) is 9.59 Å². The molecule has 1 aliphatic carbocycles. The van der Waals surface area contributed by atoms with Crippen LogP contribution in [0.1, 0.15) is 20.3 Å². The molecule has 0 aromatic rings. The van der Waals surface area contributed by atoms with Crippen LogP contribution in [0.3, 0.4) is 0 Å². The second-order valence-electron chi connectivity index (χ2n) is 3.33. The average molecular weight is 224 g/mol. The monoisotopic (exact) mass is 224 g/mol. The topological polar surface area (TPSA) is 52.6 Å². The number of hydrogen-bond donors (Lipinski definition) is 0. The predicted octanol–water partition coefficient (Wildman–Crippen LogP) is 1.62. The molecule has 0 amide bonds. The van der Waals surface area contributed by atoms with Crippen LogP contribution in [0.25, 0.3) is 0 Å². The number of carbonyl (C=O) groups is 2. The fourth-order valence-electron chi connectivity index (χ4n) is 1.41. The van der Waals surface area contributed by atoms with Gasteiger partial charge in [0.15, 0.2) is 0 Å². The zero-order valence-corrected chi connectivity index (χ0v) is 9.56. The van der Waals surface area contributed by atoms with Crippen molar-refractivity contribution in [3.05, 3.63) is 23.8 Å². The summed E-state index contributed by atoms with van der Waals surface area (Å²) < 4.78 is 9.74. The van der Waals surface area contributed by atoms with E-state index in [1.54, 1.807) is 32.1 Å². The van der Waals surface area contributed by atoms with Crippen LogP contribution in [0.2, 0.25) is 0 Å². The molecular formula is C12H16O4. The number of allylic oxidation sites excluding steroid dienone is 1. The van der Waals surface area contributed by atoms with Crippen LogP contribution in [0, 0.1) is 5.92 Å². The van der Waals surface area contributed by atoms with E-state index in [-0.39, 0.29) is 17.9 Å². The molecule has 0 aromatic heterocycles. The summed E-state index contributed by atoms with van der Waals surface area (Å²) in [5.41, 5.74) is 0.502. The van der Waals surface area contributed by atoms with Crippen molar-refractivity contribution < 1.29 is 19.1 Å². The molecule has 0 fully saturated rings. The summed E-state index contributed by atoms with van der Waals surface area (Å²) in [5, 5.41) is 0. The second-order valence-corrected chi connectivity index (χ2v) is 3.33. The van der Waals surface area contributed by atoms with E-state index in [0.717, 1.165) is 0 Å². The van der Waals surface area contributed by atoms with Crippen molar-refractivity contribution in [2.24, 2.45) is 5.92 Å². The van der Waals surface area contributed by atoms with Crippen LogP contribution in [-0.2, 0) is 19.1 Å². The molecule has 1 unspecified atom stereocenters. The van der Waals surface area contributed by atoms with Gasteiger partial charge in [0.25, 0.3) is 0 Å². The van der Waals surface area contributed by atoms with E-state index < -0.39 is 0 Å². The third-order valence-electron chi connectivity index (χ3n) is 2.20. The predicted molar refractivity (Wildman–Crippen MR) is 58.6 cm³/mol. The van der Waals surface area contributed by atoms with Crippen LogP contribution in [0.15, 0.2) is 23.8 Å². The molecule has 1 atom stereocenters. The summed E-state index contributed by atoms with van der Waals surface area (Å²) >= 11 is 0. The Labute approximate surface area is 94.9 Å². The molecule has 0 saturated heterocycles. The van der Waals surface area contributed by atoms with E-state index in [0.29, 0.717) is 25.2 Å². The van der Waals surface area contributed by atoms with Crippen molar-refractivity contribution in [3.8, 4) is 0 Å². The minimum Gasteiger partial charge on any atom is -0.466 e. The van der Waals surface area contributed by atoms with Gasteiger partial charge in [-0.2, -0.15) is 0 Å². The lowest BCUT2D eigenvalue weighted by Gasteiger charge is -2.14. The Kier molecular flexibility index (Phi) is 4.76. The Bertz CT molecular complexity index is 328. The largest absolute Gasteiger partial charge is 0.466 e. The molecule has 16 heavy (non-hydrogen) atoms. The zero-order chi connectivity index (χ0) is 12.0. The highest BCUT2D eigenvalue weighted by Gasteiger charge is 2.20. The van der Waals surface area contributed by atoms with E-state index >= 15 is 0 Å². The van der Waals surface area contributed by atoms with Crippen LogP contribution in [0.5, 0.6) is 0 Å². The van der Waals surface area contributed by atoms with E-state index in [4.69, 9.17) is 9.47 Å². The first-order valence-corrected chi connectivity index (χ1v) is 5.41. The van der Waals surface area contributed by atoms with Gasteiger partial charge in [-0.3, -0.25) is 4.79 Å². The maximum Gasteiger partial charge on any atom is 0.337 e. The van der Waals surface area contributed by atoms with Gasteiger partial charge in [0.1, 0.15) is 0 Å². The van der Waals surface area contributed by atoms with Crippen LogP contribution in [-0.4, -0.2) is 25.2 Å². The first-order valence-electron chi connectivity index (χ1n) is 5.41. The van der Waals surface area contributed by atoms with Crippen molar-refractivity contribution in [1.82, 2.24) is 0 Å². The molecule has 0 spiro atoms. The van der Waals surface area contributed by atoms with Crippen molar-refractivity contribution >= 4 is 11.9 Å². The number of hydrogen-bond acceptors (Lipinski definition) is 4. The molecule has 0 radical (unpaired) electrons. The molecule has 1 aliphatic rings. The van der Waals surface area contributed by atoms with Crippen molar-refractivity contribution in [2.75, 3.05) is 13.2 Å². The van der Waals surface area contributed by atoms with Gasteiger partial charge in [-0.25, -0.2) is 4.79 Å². The maximum atomic E-state index is 11.4. The number of rotatable bonds is 4. The quantitative estimate of drug-likeness (QED) is 0.681. The fraction of sp³-hybridized carbons (Fsp3) is 0.500. The standard InChI is InChI=1S/C12H16O4/c1-3-15-11(13)9-5-7-10(8-6-9)12(14)16-4-2/h5-7,10H,3-4,8H2,1-2H3. The average Bonchev–Trinajstić information content (AvgIpc) is 2.30. The van der Waals surface area contributed by atoms with Gasteiger partial charge in [0.05, 0.1) is 24.7 Å². The van der Waals surface area contributed by atoms with Gasteiger partial charge < -0.3 is 9.47 Å². The van der Waals surface area contributed by atoms with Crippen molar-refractivity contribution in [3.63, 3.8) is 0 Å². The third kappa shape index (κ3) is 3.22. The normalized spacial score (nSPS) is 18.9. The Morgan fingerprint density at radius 1 is 1.31 bits per heavy atom. The SMILES string of the molecule is CCOC(=O)C1=CCC(C(=O)OCC)C=C1. The Balaban J connectivity index is 2.53. The fourth-order valence-corrected chi connectivity index (χ4v) is 1.41. The number of esters is 2. The lowest BCUT2D eigenvalue weighted by molar-refractivity contribution is -0.146. The summed E-state index contributed by atoms with van der Waals surface area (Å²) in [7, 11) is 0. The summed E-state index contributed by atoms with van der Waals surface area (Å²) in [6, 6.07) is 0. The highest BCUT2D eigenvalue weighted by Crippen LogP contribution is 2.18. The third-order valence-corrected chi connectivity index (χ3v) is 2.20. The smallest absolute Gasteiger partial charge is 0.337 e. The van der Waals surface area contributed by atoms with Crippen molar-refractivity contribution in [2.45, 2.75) is 20.3 Å². The van der Waals surface area contributed by atoms with E-state index in [1.807, 2.05) is 0 Å². The van der Waals surface area contributed by atoms with Gasteiger partial charge in [-0.15, -0.1) is 0 Å². The molecule has 0 saturated carbocycles. The van der Waals surface area contributed by atoms with E-state index in [2.05, 4.69) is 0 Å². The summed E-state index contributed by atoms with van der Waals surface area (Å²) in [5.74, 6) is -0.878. The first kappa shape index (κ1) is 12.5. The van der Waals surface area contributed by atoms with Gasteiger partial charge in [0, 0.05) is 0 Å². The van der Waals surface area contributed by atoms with Crippen LogP contribution < -0.4 is 0 Å². The molecular weight excluding hydrogens is 208 g/mol.